The van der Waals surface area contributed by atoms with Gasteiger partial charge in [-0.25, -0.2) is 0 Å². The minimum Gasteiger partial charge on any atom is -0.352 e. The lowest BCUT2D eigenvalue weighted by Gasteiger charge is -2.22. The monoisotopic (exact) mass is 282 g/mol. The highest BCUT2D eigenvalue weighted by Gasteiger charge is 2.05. The summed E-state index contributed by atoms with van der Waals surface area (Å²) < 4.78 is 0. The predicted molar refractivity (Wildman–Crippen MR) is 87.9 cm³/mol. The molecule has 0 aromatic rings. The van der Waals surface area contributed by atoms with Crippen molar-refractivity contribution in [2.45, 2.75) is 65.7 Å². The summed E-state index contributed by atoms with van der Waals surface area (Å²) in [6.45, 7) is 14.1. The summed E-state index contributed by atoms with van der Waals surface area (Å²) in [4.78, 5) is 13.9. The first-order valence-corrected chi connectivity index (χ1v) is 8.27. The summed E-state index contributed by atoms with van der Waals surface area (Å²) in [6.07, 6.45) is 8.79. The highest BCUT2D eigenvalue weighted by atomic mass is 16.1. The summed E-state index contributed by atoms with van der Waals surface area (Å²) in [5, 5.41) is 2.91. The maximum absolute atomic E-state index is 11.4. The van der Waals surface area contributed by atoms with E-state index in [0.29, 0.717) is 5.57 Å². The molecule has 1 N–H and O–H groups in total. The molecule has 0 aliphatic heterocycles. The van der Waals surface area contributed by atoms with E-state index in [2.05, 4.69) is 30.6 Å². The first kappa shape index (κ1) is 19.2. The highest BCUT2D eigenvalue weighted by Crippen LogP contribution is 2.03. The molecule has 20 heavy (non-hydrogen) atoms. The van der Waals surface area contributed by atoms with Gasteiger partial charge in [0.05, 0.1) is 0 Å². The van der Waals surface area contributed by atoms with Crippen molar-refractivity contribution in [3.63, 3.8) is 0 Å². The Labute approximate surface area is 125 Å². The minimum atomic E-state index is -0.0199. The van der Waals surface area contributed by atoms with Crippen molar-refractivity contribution in [1.82, 2.24) is 10.2 Å². The molecule has 0 atom stereocenters. The van der Waals surface area contributed by atoms with E-state index in [0.717, 1.165) is 19.5 Å². The second kappa shape index (κ2) is 13.2. The lowest BCUT2D eigenvalue weighted by molar-refractivity contribution is -0.117. The Hall–Kier alpha value is -0.830. The minimum absolute atomic E-state index is 0.0199. The molecule has 0 heterocycles. The van der Waals surface area contributed by atoms with E-state index in [1.54, 1.807) is 6.92 Å². The molecule has 0 fully saturated rings. The summed E-state index contributed by atoms with van der Waals surface area (Å²) >= 11 is 0. The number of hydrogen-bond acceptors (Lipinski definition) is 2. The summed E-state index contributed by atoms with van der Waals surface area (Å²) in [6, 6.07) is 0. The van der Waals surface area contributed by atoms with Gasteiger partial charge in [0.2, 0.25) is 5.91 Å². The van der Waals surface area contributed by atoms with E-state index in [-0.39, 0.29) is 5.91 Å². The lowest BCUT2D eigenvalue weighted by Crippen LogP contribution is -2.31. The van der Waals surface area contributed by atoms with Crippen molar-refractivity contribution in [3.8, 4) is 0 Å². The van der Waals surface area contributed by atoms with Crippen molar-refractivity contribution in [1.29, 1.82) is 0 Å². The van der Waals surface area contributed by atoms with E-state index < -0.39 is 0 Å². The third-order valence-corrected chi connectivity index (χ3v) is 3.48. The van der Waals surface area contributed by atoms with Crippen LogP contribution >= 0.6 is 0 Å². The molecule has 0 aromatic carbocycles. The van der Waals surface area contributed by atoms with Gasteiger partial charge in [0.15, 0.2) is 0 Å². The molecule has 0 spiro atoms. The zero-order chi connectivity index (χ0) is 15.2. The van der Waals surface area contributed by atoms with Crippen molar-refractivity contribution in [2.24, 2.45) is 0 Å². The van der Waals surface area contributed by atoms with Crippen LogP contribution in [0.2, 0.25) is 0 Å². The number of nitrogens with one attached hydrogen (secondary N) is 1. The fraction of sp³-hybridized carbons (Fsp3) is 0.824. The number of carbonyl (C=O) groups is 1. The number of amides is 1. The molecule has 0 aliphatic carbocycles. The average Bonchev–Trinajstić information content (AvgIpc) is 2.42. The fourth-order valence-electron chi connectivity index (χ4n) is 2.16. The van der Waals surface area contributed by atoms with Crippen LogP contribution < -0.4 is 5.32 Å². The third-order valence-electron chi connectivity index (χ3n) is 3.48. The topological polar surface area (TPSA) is 32.3 Å². The Morgan fingerprint density at radius 1 is 0.950 bits per heavy atom. The molecule has 0 aromatic heterocycles. The quantitative estimate of drug-likeness (QED) is 0.412. The van der Waals surface area contributed by atoms with Gasteiger partial charge in [-0.3, -0.25) is 4.79 Å². The van der Waals surface area contributed by atoms with Crippen molar-refractivity contribution in [2.75, 3.05) is 26.2 Å². The SMILES string of the molecule is C=C(C)C(=O)NCCCN(CCCCC)CCCCC. The third kappa shape index (κ3) is 11.0. The number of rotatable bonds is 13. The van der Waals surface area contributed by atoms with E-state index in [9.17, 15) is 4.79 Å². The molecule has 1 amide bonds. The normalized spacial score (nSPS) is 10.8. The Morgan fingerprint density at radius 3 is 1.90 bits per heavy atom. The predicted octanol–water partition coefficient (Wildman–Crippen LogP) is 3.75. The van der Waals surface area contributed by atoms with Gasteiger partial charge in [-0.05, 0) is 45.8 Å². The molecule has 0 bridgehead atoms. The van der Waals surface area contributed by atoms with Crippen LogP contribution in [0.1, 0.15) is 65.7 Å². The van der Waals surface area contributed by atoms with Crippen LogP contribution in [-0.2, 0) is 4.79 Å². The zero-order valence-corrected chi connectivity index (χ0v) is 13.8. The second-order valence-electron chi connectivity index (χ2n) is 5.65. The van der Waals surface area contributed by atoms with Crippen molar-refractivity contribution >= 4 is 5.91 Å². The Kier molecular flexibility index (Phi) is 12.6. The van der Waals surface area contributed by atoms with Crippen LogP contribution in [0.4, 0.5) is 0 Å². The van der Waals surface area contributed by atoms with Gasteiger partial charge in [-0.2, -0.15) is 0 Å². The van der Waals surface area contributed by atoms with E-state index in [1.807, 2.05) is 0 Å². The molecular formula is C17H34N2O. The summed E-state index contributed by atoms with van der Waals surface area (Å²) in [5.41, 5.74) is 0.591. The Morgan fingerprint density at radius 2 is 1.45 bits per heavy atom. The van der Waals surface area contributed by atoms with Gasteiger partial charge in [0.25, 0.3) is 0 Å². The van der Waals surface area contributed by atoms with E-state index in [4.69, 9.17) is 0 Å². The van der Waals surface area contributed by atoms with Gasteiger partial charge in [0.1, 0.15) is 0 Å². The molecule has 3 heteroatoms. The van der Waals surface area contributed by atoms with Gasteiger partial charge in [0, 0.05) is 12.1 Å². The zero-order valence-electron chi connectivity index (χ0n) is 13.8. The molecule has 3 nitrogen and oxygen atoms in total. The molecule has 0 rings (SSSR count). The molecule has 0 radical (unpaired) electrons. The molecule has 0 saturated carbocycles. The maximum Gasteiger partial charge on any atom is 0.246 e. The van der Waals surface area contributed by atoms with Crippen LogP contribution in [-0.4, -0.2) is 37.0 Å². The van der Waals surface area contributed by atoms with Crippen LogP contribution in [0.25, 0.3) is 0 Å². The second-order valence-corrected chi connectivity index (χ2v) is 5.65. The van der Waals surface area contributed by atoms with Gasteiger partial charge < -0.3 is 10.2 Å². The average molecular weight is 282 g/mol. The largest absolute Gasteiger partial charge is 0.352 e. The molecule has 0 aliphatic rings. The van der Waals surface area contributed by atoms with Crippen LogP contribution in [0.5, 0.6) is 0 Å². The standard InChI is InChI=1S/C17H34N2O/c1-5-7-9-13-19(14-10-8-6-2)15-11-12-18-17(20)16(3)4/h3,5-15H2,1-2,4H3,(H,18,20). The maximum atomic E-state index is 11.4. The number of carbonyl (C=O) groups excluding carboxylic acids is 1. The van der Waals surface area contributed by atoms with E-state index >= 15 is 0 Å². The number of unbranched alkanes of at least 4 members (excludes halogenated alkanes) is 4. The molecule has 0 unspecified atom stereocenters. The van der Waals surface area contributed by atoms with Crippen molar-refractivity contribution in [3.05, 3.63) is 12.2 Å². The first-order valence-electron chi connectivity index (χ1n) is 8.27. The Balaban J connectivity index is 3.82. The fourth-order valence-corrected chi connectivity index (χ4v) is 2.16. The van der Waals surface area contributed by atoms with Crippen LogP contribution in [0.3, 0.4) is 0 Å². The lowest BCUT2D eigenvalue weighted by atomic mass is 10.2. The summed E-state index contributed by atoms with van der Waals surface area (Å²) in [7, 11) is 0. The molecular weight excluding hydrogens is 248 g/mol. The van der Waals surface area contributed by atoms with Gasteiger partial charge in [-0.15, -0.1) is 0 Å². The molecule has 0 saturated heterocycles. The van der Waals surface area contributed by atoms with Gasteiger partial charge in [-0.1, -0.05) is 46.1 Å². The van der Waals surface area contributed by atoms with E-state index in [1.165, 1.54) is 51.6 Å². The number of nitrogens with zero attached hydrogens (tertiary/aromatic N) is 1. The van der Waals surface area contributed by atoms with Crippen LogP contribution in [0.15, 0.2) is 12.2 Å². The smallest absolute Gasteiger partial charge is 0.246 e. The van der Waals surface area contributed by atoms with Crippen LogP contribution in [0, 0.1) is 0 Å². The first-order chi connectivity index (χ1) is 9.61. The van der Waals surface area contributed by atoms with Gasteiger partial charge >= 0.3 is 0 Å². The number of hydrogen-bond donors (Lipinski definition) is 1. The molecule has 118 valence electrons. The Bertz CT molecular complexity index is 254. The van der Waals surface area contributed by atoms with Crippen molar-refractivity contribution < 1.29 is 4.79 Å². The summed E-state index contributed by atoms with van der Waals surface area (Å²) in [5.74, 6) is -0.0199. The highest BCUT2D eigenvalue weighted by molar-refractivity contribution is 5.91.